The molecule has 0 radical (unpaired) electrons. The number of piperidine rings is 1. The Bertz CT molecular complexity index is 829. The summed E-state index contributed by atoms with van der Waals surface area (Å²) in [6, 6.07) is 8.15. The van der Waals surface area contributed by atoms with Gasteiger partial charge in [-0.1, -0.05) is 29.8 Å². The van der Waals surface area contributed by atoms with E-state index in [0.29, 0.717) is 25.6 Å². The molecular weight excluding hydrogens is 368 g/mol. The molecule has 1 unspecified atom stereocenters. The van der Waals surface area contributed by atoms with Crippen LogP contribution in [0.5, 0.6) is 0 Å². The second-order valence-corrected chi connectivity index (χ2v) is 7.19. The van der Waals surface area contributed by atoms with Gasteiger partial charge in [-0.25, -0.2) is 9.98 Å². The maximum Gasteiger partial charge on any atom is 0.310 e. The van der Waals surface area contributed by atoms with E-state index in [1.54, 1.807) is 6.20 Å². The summed E-state index contributed by atoms with van der Waals surface area (Å²) in [4.78, 5) is 23.3. The Balaban J connectivity index is 1.67. The van der Waals surface area contributed by atoms with Crippen molar-refractivity contribution in [2.45, 2.75) is 40.2 Å². The third-order valence-corrected chi connectivity index (χ3v) is 4.93. The number of likely N-dealkylation sites (tertiary alicyclic amines) is 1. The number of hydrogen-bond donors (Lipinski definition) is 1. The van der Waals surface area contributed by atoms with Crippen molar-refractivity contribution in [3.8, 4) is 11.3 Å². The van der Waals surface area contributed by atoms with Crippen molar-refractivity contribution in [3.05, 3.63) is 41.9 Å². The Hall–Kier alpha value is -2.83. The van der Waals surface area contributed by atoms with Crippen LogP contribution in [0.3, 0.4) is 0 Å². The fraction of sp³-hybridized carbons (Fsp3) is 0.500. The third kappa shape index (κ3) is 5.59. The summed E-state index contributed by atoms with van der Waals surface area (Å²) in [7, 11) is 0. The average molecular weight is 399 g/mol. The van der Waals surface area contributed by atoms with Gasteiger partial charge in [-0.3, -0.25) is 4.79 Å². The van der Waals surface area contributed by atoms with Crippen LogP contribution in [0.25, 0.3) is 11.3 Å². The summed E-state index contributed by atoms with van der Waals surface area (Å²) >= 11 is 0. The number of nitrogens with one attached hydrogen (secondary N) is 1. The van der Waals surface area contributed by atoms with Crippen LogP contribution in [0.15, 0.2) is 39.9 Å². The lowest BCUT2D eigenvalue weighted by atomic mass is 9.98. The Kier molecular flexibility index (Phi) is 7.27. The van der Waals surface area contributed by atoms with Gasteiger partial charge in [0.05, 0.1) is 18.7 Å². The zero-order valence-corrected chi connectivity index (χ0v) is 17.5. The van der Waals surface area contributed by atoms with Gasteiger partial charge >= 0.3 is 5.97 Å². The fourth-order valence-corrected chi connectivity index (χ4v) is 3.42. The van der Waals surface area contributed by atoms with Crippen molar-refractivity contribution < 1.29 is 13.9 Å². The van der Waals surface area contributed by atoms with E-state index >= 15 is 0 Å². The number of aryl methyl sites for hydroxylation is 1. The SMILES string of the molecule is CCNC(=NCc1ncc(-c2ccc(C)cc2)o1)N1CCCC(C(=O)OCC)C1. The highest BCUT2D eigenvalue weighted by molar-refractivity contribution is 5.81. The van der Waals surface area contributed by atoms with Crippen LogP contribution in [0.2, 0.25) is 0 Å². The molecule has 2 aromatic rings. The predicted molar refractivity (Wildman–Crippen MR) is 112 cm³/mol. The topological polar surface area (TPSA) is 80.0 Å². The lowest BCUT2D eigenvalue weighted by Crippen LogP contribution is -2.48. The minimum absolute atomic E-state index is 0.109. The Morgan fingerprint density at radius 3 is 2.86 bits per heavy atom. The summed E-state index contributed by atoms with van der Waals surface area (Å²) in [6.45, 7) is 8.91. The molecule has 0 spiro atoms. The number of esters is 1. The first-order chi connectivity index (χ1) is 14.1. The van der Waals surface area contributed by atoms with Gasteiger partial charge in [-0.05, 0) is 33.6 Å². The summed E-state index contributed by atoms with van der Waals surface area (Å²) < 4.78 is 11.1. The van der Waals surface area contributed by atoms with E-state index in [1.165, 1.54) is 5.56 Å². The smallest absolute Gasteiger partial charge is 0.310 e. The highest BCUT2D eigenvalue weighted by Gasteiger charge is 2.28. The number of hydrogen-bond acceptors (Lipinski definition) is 5. The number of guanidine groups is 1. The second kappa shape index (κ2) is 10.1. The van der Waals surface area contributed by atoms with Crippen LogP contribution in [0.1, 0.15) is 38.1 Å². The molecule has 2 heterocycles. The van der Waals surface area contributed by atoms with Gasteiger partial charge in [0.2, 0.25) is 5.89 Å². The van der Waals surface area contributed by atoms with Gasteiger partial charge in [-0.2, -0.15) is 0 Å². The zero-order valence-electron chi connectivity index (χ0n) is 17.5. The summed E-state index contributed by atoms with van der Waals surface area (Å²) in [5.41, 5.74) is 2.20. The molecule has 1 N–H and O–H groups in total. The molecule has 0 bridgehead atoms. The number of nitrogens with zero attached hydrogens (tertiary/aromatic N) is 3. The van der Waals surface area contributed by atoms with Crippen LogP contribution in [-0.2, 0) is 16.1 Å². The Morgan fingerprint density at radius 1 is 1.34 bits per heavy atom. The molecule has 1 aromatic carbocycles. The largest absolute Gasteiger partial charge is 0.466 e. The molecule has 3 rings (SSSR count). The van der Waals surface area contributed by atoms with Gasteiger partial charge < -0.3 is 19.4 Å². The molecular formula is C22H30N4O3. The molecule has 0 aliphatic carbocycles. The van der Waals surface area contributed by atoms with E-state index in [-0.39, 0.29) is 11.9 Å². The molecule has 1 atom stereocenters. The summed E-state index contributed by atoms with van der Waals surface area (Å²) in [5, 5.41) is 3.31. The first-order valence-electron chi connectivity index (χ1n) is 10.3. The molecule has 29 heavy (non-hydrogen) atoms. The lowest BCUT2D eigenvalue weighted by Gasteiger charge is -2.33. The standard InChI is InChI=1S/C22H30N4O3/c1-4-23-22(26-12-6-7-18(15-26)21(27)28-5-2)25-14-20-24-13-19(29-20)17-10-8-16(3)9-11-17/h8-11,13,18H,4-7,12,14-15H2,1-3H3,(H,23,25). The zero-order chi connectivity index (χ0) is 20.6. The van der Waals surface area contributed by atoms with Crippen LogP contribution in [-0.4, -0.2) is 48.1 Å². The first kappa shape index (κ1) is 20.9. The van der Waals surface area contributed by atoms with E-state index in [4.69, 9.17) is 14.1 Å². The van der Waals surface area contributed by atoms with Gasteiger partial charge in [0, 0.05) is 25.2 Å². The molecule has 7 nitrogen and oxygen atoms in total. The highest BCUT2D eigenvalue weighted by atomic mass is 16.5. The summed E-state index contributed by atoms with van der Waals surface area (Å²) in [6.07, 6.45) is 3.53. The van der Waals surface area contributed by atoms with Gasteiger partial charge in [-0.15, -0.1) is 0 Å². The minimum Gasteiger partial charge on any atom is -0.466 e. The van der Waals surface area contributed by atoms with Crippen molar-refractivity contribution in [1.29, 1.82) is 0 Å². The van der Waals surface area contributed by atoms with E-state index in [2.05, 4.69) is 34.3 Å². The van der Waals surface area contributed by atoms with Crippen molar-refractivity contribution >= 4 is 11.9 Å². The van der Waals surface area contributed by atoms with Gasteiger partial charge in [0.15, 0.2) is 11.7 Å². The number of aromatic nitrogens is 1. The molecule has 1 aromatic heterocycles. The first-order valence-corrected chi connectivity index (χ1v) is 10.3. The normalized spacial score (nSPS) is 17.3. The predicted octanol–water partition coefficient (Wildman–Crippen LogP) is 3.39. The van der Waals surface area contributed by atoms with E-state index in [9.17, 15) is 4.79 Å². The fourth-order valence-electron chi connectivity index (χ4n) is 3.42. The molecule has 0 amide bonds. The Morgan fingerprint density at radius 2 is 2.14 bits per heavy atom. The number of aliphatic imine (C=N–C) groups is 1. The number of carbonyl (C=O) groups excluding carboxylic acids is 1. The number of carbonyl (C=O) groups is 1. The number of rotatable bonds is 6. The van der Waals surface area contributed by atoms with E-state index < -0.39 is 0 Å². The van der Waals surface area contributed by atoms with E-state index in [0.717, 1.165) is 43.2 Å². The molecule has 7 heteroatoms. The third-order valence-electron chi connectivity index (χ3n) is 4.93. The Labute approximate surface area is 172 Å². The summed E-state index contributed by atoms with van der Waals surface area (Å²) in [5.74, 6) is 1.85. The van der Waals surface area contributed by atoms with Crippen molar-refractivity contribution in [3.63, 3.8) is 0 Å². The average Bonchev–Trinajstić information content (AvgIpc) is 3.21. The van der Waals surface area contributed by atoms with Crippen LogP contribution in [0.4, 0.5) is 0 Å². The maximum absolute atomic E-state index is 12.1. The second-order valence-electron chi connectivity index (χ2n) is 7.19. The van der Waals surface area contributed by atoms with E-state index in [1.807, 2.05) is 26.0 Å². The van der Waals surface area contributed by atoms with Crippen LogP contribution >= 0.6 is 0 Å². The number of ether oxygens (including phenoxy) is 1. The molecule has 156 valence electrons. The molecule has 1 saturated heterocycles. The molecule has 1 fully saturated rings. The van der Waals surface area contributed by atoms with Crippen molar-refractivity contribution in [2.75, 3.05) is 26.2 Å². The van der Waals surface area contributed by atoms with Crippen molar-refractivity contribution in [1.82, 2.24) is 15.2 Å². The number of benzene rings is 1. The van der Waals surface area contributed by atoms with Gasteiger partial charge in [0.25, 0.3) is 0 Å². The number of oxazole rings is 1. The maximum atomic E-state index is 12.1. The molecule has 1 aliphatic heterocycles. The minimum atomic E-state index is -0.122. The monoisotopic (exact) mass is 398 g/mol. The lowest BCUT2D eigenvalue weighted by molar-refractivity contribution is -0.149. The van der Waals surface area contributed by atoms with Crippen molar-refractivity contribution in [2.24, 2.45) is 10.9 Å². The van der Waals surface area contributed by atoms with Crippen LogP contribution in [0, 0.1) is 12.8 Å². The van der Waals surface area contributed by atoms with Crippen LogP contribution < -0.4 is 5.32 Å². The molecule has 0 saturated carbocycles. The van der Waals surface area contributed by atoms with Gasteiger partial charge in [0.1, 0.15) is 6.54 Å². The molecule has 1 aliphatic rings. The quantitative estimate of drug-likeness (QED) is 0.456. The highest BCUT2D eigenvalue weighted by Crippen LogP contribution is 2.22.